The predicted octanol–water partition coefficient (Wildman–Crippen LogP) is 1.48. The summed E-state index contributed by atoms with van der Waals surface area (Å²) in [6.07, 6.45) is -0.694. The van der Waals surface area contributed by atoms with Gasteiger partial charge in [-0.25, -0.2) is 0 Å². The first-order valence-corrected chi connectivity index (χ1v) is 6.32. The van der Waals surface area contributed by atoms with Crippen molar-refractivity contribution < 1.29 is 14.8 Å². The van der Waals surface area contributed by atoms with Gasteiger partial charge in [0.05, 0.1) is 11.0 Å². The highest BCUT2D eigenvalue weighted by Gasteiger charge is 2.23. The third-order valence-corrected chi connectivity index (χ3v) is 2.69. The second-order valence-electron chi connectivity index (χ2n) is 4.55. The minimum atomic E-state index is -0.694. The standard InChI is InChI=1S/C13H19N3O4/c1-4-14-10-5-6-12(16(19)20)11(7-10)13(18)15(3)8-9(2)17/h5-7,9,14,17H,4,8H2,1-3H3. The van der Waals surface area contributed by atoms with Gasteiger partial charge in [-0.3, -0.25) is 14.9 Å². The molecular formula is C13H19N3O4. The van der Waals surface area contributed by atoms with E-state index in [1.165, 1.54) is 24.1 Å². The smallest absolute Gasteiger partial charge is 0.282 e. The maximum Gasteiger partial charge on any atom is 0.282 e. The number of nitro benzene ring substituents is 1. The van der Waals surface area contributed by atoms with Gasteiger partial charge in [0.25, 0.3) is 11.6 Å². The number of nitrogens with one attached hydrogen (secondary N) is 1. The number of hydrogen-bond acceptors (Lipinski definition) is 5. The summed E-state index contributed by atoms with van der Waals surface area (Å²) in [7, 11) is 1.50. The molecule has 0 heterocycles. The van der Waals surface area contributed by atoms with E-state index in [2.05, 4.69) is 5.32 Å². The summed E-state index contributed by atoms with van der Waals surface area (Å²) in [5.41, 5.74) is 0.414. The van der Waals surface area contributed by atoms with Gasteiger partial charge in [-0.1, -0.05) is 0 Å². The molecule has 7 heteroatoms. The van der Waals surface area contributed by atoms with E-state index in [9.17, 15) is 20.0 Å². The molecule has 0 aliphatic heterocycles. The molecule has 1 aromatic rings. The highest BCUT2D eigenvalue weighted by atomic mass is 16.6. The molecule has 7 nitrogen and oxygen atoms in total. The molecule has 0 saturated heterocycles. The molecule has 1 atom stereocenters. The number of carbonyl (C=O) groups is 1. The van der Waals surface area contributed by atoms with Crippen molar-refractivity contribution in [2.75, 3.05) is 25.5 Å². The van der Waals surface area contributed by atoms with E-state index >= 15 is 0 Å². The summed E-state index contributed by atoms with van der Waals surface area (Å²) in [6.45, 7) is 4.20. The van der Waals surface area contributed by atoms with Crippen LogP contribution < -0.4 is 5.32 Å². The summed E-state index contributed by atoms with van der Waals surface area (Å²) < 4.78 is 0. The van der Waals surface area contributed by atoms with Gasteiger partial charge >= 0.3 is 0 Å². The first-order valence-electron chi connectivity index (χ1n) is 6.32. The maximum absolute atomic E-state index is 12.2. The number of benzene rings is 1. The largest absolute Gasteiger partial charge is 0.392 e. The van der Waals surface area contributed by atoms with Crippen molar-refractivity contribution in [2.45, 2.75) is 20.0 Å². The Morgan fingerprint density at radius 2 is 2.20 bits per heavy atom. The number of carbonyl (C=O) groups excluding carboxylic acids is 1. The molecule has 1 aromatic carbocycles. The fourth-order valence-electron chi connectivity index (χ4n) is 1.87. The lowest BCUT2D eigenvalue weighted by molar-refractivity contribution is -0.385. The monoisotopic (exact) mass is 281 g/mol. The first kappa shape index (κ1) is 15.9. The molecule has 20 heavy (non-hydrogen) atoms. The second-order valence-corrected chi connectivity index (χ2v) is 4.55. The molecule has 110 valence electrons. The zero-order valence-corrected chi connectivity index (χ0v) is 11.8. The van der Waals surface area contributed by atoms with E-state index in [0.717, 1.165) is 0 Å². The second kappa shape index (κ2) is 6.85. The fraction of sp³-hybridized carbons (Fsp3) is 0.462. The Hall–Kier alpha value is -2.15. The molecule has 1 amide bonds. The number of aliphatic hydroxyl groups is 1. The van der Waals surface area contributed by atoms with E-state index in [1.807, 2.05) is 6.92 Å². The molecule has 0 aliphatic rings. The van der Waals surface area contributed by atoms with Crippen LogP contribution in [0.3, 0.4) is 0 Å². The van der Waals surface area contributed by atoms with Gasteiger partial charge < -0.3 is 15.3 Å². The van der Waals surface area contributed by atoms with Crippen LogP contribution >= 0.6 is 0 Å². The van der Waals surface area contributed by atoms with E-state index in [1.54, 1.807) is 13.0 Å². The Balaban J connectivity index is 3.14. The van der Waals surface area contributed by atoms with Gasteiger partial charge in [-0.15, -0.1) is 0 Å². The highest BCUT2D eigenvalue weighted by molar-refractivity contribution is 5.99. The number of amides is 1. The van der Waals surface area contributed by atoms with Crippen molar-refractivity contribution >= 4 is 17.3 Å². The van der Waals surface area contributed by atoms with Crippen molar-refractivity contribution in [3.63, 3.8) is 0 Å². The molecule has 0 saturated carbocycles. The van der Waals surface area contributed by atoms with Crippen LogP contribution in [0.5, 0.6) is 0 Å². The molecule has 0 bridgehead atoms. The van der Waals surface area contributed by atoms with E-state index < -0.39 is 16.9 Å². The summed E-state index contributed by atoms with van der Waals surface area (Å²) in [4.78, 5) is 23.9. The van der Waals surface area contributed by atoms with Crippen molar-refractivity contribution in [2.24, 2.45) is 0 Å². The molecule has 2 N–H and O–H groups in total. The normalized spacial score (nSPS) is 11.8. The van der Waals surface area contributed by atoms with E-state index in [-0.39, 0.29) is 17.8 Å². The van der Waals surface area contributed by atoms with E-state index in [4.69, 9.17) is 0 Å². The first-order chi connectivity index (χ1) is 9.36. The average molecular weight is 281 g/mol. The third kappa shape index (κ3) is 3.92. The van der Waals surface area contributed by atoms with Gasteiger partial charge in [0.1, 0.15) is 5.56 Å². The van der Waals surface area contributed by atoms with Crippen molar-refractivity contribution in [1.29, 1.82) is 0 Å². The molecule has 1 unspecified atom stereocenters. The number of aliphatic hydroxyl groups excluding tert-OH is 1. The molecule has 0 spiro atoms. The van der Waals surface area contributed by atoms with Crippen LogP contribution in [0, 0.1) is 10.1 Å². The lowest BCUT2D eigenvalue weighted by Gasteiger charge is -2.19. The minimum absolute atomic E-state index is 0.0107. The van der Waals surface area contributed by atoms with Crippen molar-refractivity contribution in [1.82, 2.24) is 4.90 Å². The Morgan fingerprint density at radius 1 is 1.55 bits per heavy atom. The number of nitro groups is 1. The molecule has 0 aromatic heterocycles. The number of nitrogens with zero attached hydrogens (tertiary/aromatic N) is 2. The molecule has 0 fully saturated rings. The lowest BCUT2D eigenvalue weighted by Crippen LogP contribution is -2.33. The van der Waals surface area contributed by atoms with Gasteiger partial charge in [-0.2, -0.15) is 0 Å². The van der Waals surface area contributed by atoms with Crippen LogP contribution in [-0.2, 0) is 0 Å². The zero-order chi connectivity index (χ0) is 15.3. The number of anilines is 1. The van der Waals surface area contributed by atoms with Crippen LogP contribution in [0.25, 0.3) is 0 Å². The van der Waals surface area contributed by atoms with Crippen molar-refractivity contribution in [3.05, 3.63) is 33.9 Å². The number of hydrogen-bond donors (Lipinski definition) is 2. The molecular weight excluding hydrogens is 262 g/mol. The number of likely N-dealkylation sites (N-methyl/N-ethyl adjacent to an activating group) is 1. The Bertz CT molecular complexity index is 502. The van der Waals surface area contributed by atoms with Crippen molar-refractivity contribution in [3.8, 4) is 0 Å². The quantitative estimate of drug-likeness (QED) is 0.608. The van der Waals surface area contributed by atoms with Crippen LogP contribution in [0.4, 0.5) is 11.4 Å². The Labute approximate surface area is 117 Å². The Kier molecular flexibility index (Phi) is 5.45. The lowest BCUT2D eigenvalue weighted by atomic mass is 10.1. The summed E-state index contributed by atoms with van der Waals surface area (Å²) in [5.74, 6) is -0.489. The third-order valence-electron chi connectivity index (χ3n) is 2.69. The van der Waals surface area contributed by atoms with Crippen LogP contribution in [-0.4, -0.2) is 47.1 Å². The Morgan fingerprint density at radius 3 is 2.70 bits per heavy atom. The van der Waals surface area contributed by atoms with Gasteiger partial charge in [0.15, 0.2) is 0 Å². The van der Waals surface area contributed by atoms with Gasteiger partial charge in [0, 0.05) is 31.9 Å². The predicted molar refractivity (Wildman–Crippen MR) is 75.9 cm³/mol. The van der Waals surface area contributed by atoms with Gasteiger partial charge in [0.2, 0.25) is 0 Å². The van der Waals surface area contributed by atoms with Gasteiger partial charge in [-0.05, 0) is 26.0 Å². The topological polar surface area (TPSA) is 95.7 Å². The maximum atomic E-state index is 12.2. The minimum Gasteiger partial charge on any atom is -0.392 e. The summed E-state index contributed by atoms with van der Waals surface area (Å²) >= 11 is 0. The molecule has 1 rings (SSSR count). The molecule has 0 radical (unpaired) electrons. The molecule has 0 aliphatic carbocycles. The van der Waals surface area contributed by atoms with Crippen LogP contribution in [0.1, 0.15) is 24.2 Å². The van der Waals surface area contributed by atoms with E-state index in [0.29, 0.717) is 12.2 Å². The fourth-order valence-corrected chi connectivity index (χ4v) is 1.87. The zero-order valence-electron chi connectivity index (χ0n) is 11.8. The number of rotatable bonds is 6. The SMILES string of the molecule is CCNc1ccc([N+](=O)[O-])c(C(=O)N(C)CC(C)O)c1. The summed E-state index contributed by atoms with van der Waals surface area (Å²) in [6, 6.07) is 4.33. The van der Waals surface area contributed by atoms with Crippen LogP contribution in [0.2, 0.25) is 0 Å². The van der Waals surface area contributed by atoms with Crippen LogP contribution in [0.15, 0.2) is 18.2 Å². The summed E-state index contributed by atoms with van der Waals surface area (Å²) in [5, 5.41) is 23.3. The average Bonchev–Trinajstić information content (AvgIpc) is 2.37. The highest BCUT2D eigenvalue weighted by Crippen LogP contribution is 2.24.